The van der Waals surface area contributed by atoms with Crippen LogP contribution in [-0.2, 0) is 0 Å². The number of aromatic nitrogens is 4. The van der Waals surface area contributed by atoms with Crippen LogP contribution in [0.3, 0.4) is 0 Å². The number of benzene rings is 5. The van der Waals surface area contributed by atoms with Crippen molar-refractivity contribution in [3.8, 4) is 22.6 Å². The quantitative estimate of drug-likeness (QED) is 0.176. The molecule has 0 aliphatic carbocycles. The molecule has 6 nitrogen and oxygen atoms in total. The fraction of sp³-hybridized carbons (Fsp3) is 0. The predicted molar refractivity (Wildman–Crippen MR) is 209 cm³/mol. The second-order valence-electron chi connectivity index (χ2n) is 12.7. The van der Waals surface area contributed by atoms with Gasteiger partial charge in [0.15, 0.2) is 0 Å². The molecule has 51 heavy (non-hydrogen) atoms. The van der Waals surface area contributed by atoms with E-state index in [2.05, 4.69) is 153 Å². The first-order valence-corrected chi connectivity index (χ1v) is 21.3. The second-order valence-corrected chi connectivity index (χ2v) is 20.4. The molecule has 5 aromatic carbocycles. The van der Waals surface area contributed by atoms with E-state index in [1.165, 1.54) is 29.0 Å². The van der Waals surface area contributed by atoms with Gasteiger partial charge in [0, 0.05) is 0 Å². The van der Waals surface area contributed by atoms with Gasteiger partial charge in [0.2, 0.25) is 0 Å². The molecule has 3 aromatic heterocycles. The third-order valence-electron chi connectivity index (χ3n) is 10.0. The molecule has 0 saturated carbocycles. The van der Waals surface area contributed by atoms with Crippen LogP contribution in [0.2, 0.25) is 0 Å². The molecule has 7 heteroatoms. The number of pyridine rings is 2. The molecule has 0 atom stereocenters. The minimum atomic E-state index is -3.70. The third-order valence-corrected chi connectivity index (χ3v) is 20.4. The summed E-state index contributed by atoms with van der Waals surface area (Å²) in [6, 6.07) is 56.9. The van der Waals surface area contributed by atoms with E-state index in [4.69, 9.17) is 9.97 Å². The summed E-state index contributed by atoms with van der Waals surface area (Å²) in [6.07, 6.45) is 7.24. The Labute approximate surface area is 298 Å². The number of hydrogen-bond donors (Lipinski definition) is 0. The Balaban J connectivity index is 1.28. The molecule has 1 spiro atoms. The van der Waals surface area contributed by atoms with Crippen molar-refractivity contribution in [3.05, 3.63) is 183 Å². The zero-order valence-electron chi connectivity index (χ0n) is 27.5. The zero-order valence-corrected chi connectivity index (χ0v) is 29.6. The van der Waals surface area contributed by atoms with E-state index in [1.807, 2.05) is 36.7 Å². The van der Waals surface area contributed by atoms with Gasteiger partial charge in [-0.15, -0.1) is 0 Å². The van der Waals surface area contributed by atoms with Gasteiger partial charge in [-0.3, -0.25) is 0 Å². The molecule has 2 aliphatic rings. The van der Waals surface area contributed by atoms with Gasteiger partial charge in [0.05, 0.1) is 0 Å². The van der Waals surface area contributed by atoms with Gasteiger partial charge in [0.25, 0.3) is 0 Å². The predicted octanol–water partition coefficient (Wildman–Crippen LogP) is 7.54. The number of hydrogen-bond acceptors (Lipinski definition) is 6. The van der Waals surface area contributed by atoms with E-state index in [-0.39, 0.29) is 0 Å². The van der Waals surface area contributed by atoms with Gasteiger partial charge >= 0.3 is 300 Å². The molecule has 8 aromatic rings. The average molecular weight is 715 g/mol. The number of para-hydroxylation sites is 5. The van der Waals surface area contributed by atoms with Crippen LogP contribution in [0.25, 0.3) is 22.6 Å². The van der Waals surface area contributed by atoms with Gasteiger partial charge < -0.3 is 0 Å². The normalized spacial score (nSPS) is 13.6. The number of fused-ring (bicyclic) bond motifs is 8. The van der Waals surface area contributed by atoms with Crippen LogP contribution < -0.4 is 27.4 Å². The number of rotatable bonds is 4. The molecule has 0 radical (unpaired) electrons. The summed E-state index contributed by atoms with van der Waals surface area (Å²) in [5, 5.41) is 0. The molecule has 10 rings (SSSR count). The van der Waals surface area contributed by atoms with Crippen LogP contribution in [0.15, 0.2) is 183 Å². The van der Waals surface area contributed by atoms with Crippen molar-refractivity contribution in [2.45, 2.75) is 0 Å². The Morgan fingerprint density at radius 1 is 0.412 bits per heavy atom. The van der Waals surface area contributed by atoms with Crippen LogP contribution in [0, 0.1) is 0 Å². The monoisotopic (exact) mass is 716 g/mol. The SMILES string of the molecule is c1ccc(N2c3cccc[c]3[Ge]3([c]4ccccc42)[c]2ccccc2N(c2cc(-c4cccnc4)nc(-c4cccnc4)n2)c2cccc[c]23)cc1. The van der Waals surface area contributed by atoms with E-state index in [9.17, 15) is 0 Å². The van der Waals surface area contributed by atoms with Crippen LogP contribution in [0.4, 0.5) is 34.3 Å². The van der Waals surface area contributed by atoms with Crippen molar-refractivity contribution in [1.29, 1.82) is 0 Å². The van der Waals surface area contributed by atoms with Crippen molar-refractivity contribution in [1.82, 2.24) is 19.9 Å². The summed E-state index contributed by atoms with van der Waals surface area (Å²) in [7, 11) is 0. The van der Waals surface area contributed by atoms with Crippen molar-refractivity contribution in [2.75, 3.05) is 9.80 Å². The standard InChI is InChI=1S/C44H30GeN6/c1-2-16-33(17-3-1)50-39-22-8-4-18-34(39)45(35-19-5-9-23-40(35)50)36-20-6-10-24-41(36)51(42-25-11-7-21-37(42)45)43-28-38(31-14-12-26-46-29-31)48-44(49-43)32-15-13-27-47-30-32/h1-30H. The van der Waals surface area contributed by atoms with Crippen molar-refractivity contribution >= 4 is 65.1 Å². The molecule has 240 valence electrons. The Bertz CT molecular complexity index is 2410. The van der Waals surface area contributed by atoms with E-state index in [1.54, 1.807) is 12.4 Å². The summed E-state index contributed by atoms with van der Waals surface area (Å²) < 4.78 is 5.56. The van der Waals surface area contributed by atoms with Crippen LogP contribution in [-0.4, -0.2) is 33.2 Å². The van der Waals surface area contributed by atoms with E-state index in [0.29, 0.717) is 5.82 Å². The summed E-state index contributed by atoms with van der Waals surface area (Å²) >= 11 is -3.70. The minimum absolute atomic E-state index is 0.614. The molecule has 5 heterocycles. The van der Waals surface area contributed by atoms with E-state index >= 15 is 0 Å². The maximum atomic E-state index is 5.29. The summed E-state index contributed by atoms with van der Waals surface area (Å²) in [6.45, 7) is 0. The topological polar surface area (TPSA) is 58.0 Å². The van der Waals surface area contributed by atoms with Crippen LogP contribution in [0.5, 0.6) is 0 Å². The summed E-state index contributed by atoms with van der Waals surface area (Å²) in [5.74, 6) is 1.41. The molecule has 0 bridgehead atoms. The Morgan fingerprint density at radius 3 is 1.39 bits per heavy atom. The zero-order chi connectivity index (χ0) is 33.8. The molecular formula is C44H30GeN6. The van der Waals surface area contributed by atoms with Gasteiger partial charge in [-0.1, -0.05) is 0 Å². The fourth-order valence-electron chi connectivity index (χ4n) is 8.01. The molecule has 0 N–H and O–H groups in total. The van der Waals surface area contributed by atoms with Gasteiger partial charge in [-0.05, 0) is 0 Å². The number of nitrogens with zero attached hydrogens (tertiary/aromatic N) is 6. The van der Waals surface area contributed by atoms with E-state index in [0.717, 1.165) is 39.7 Å². The molecule has 2 aliphatic heterocycles. The van der Waals surface area contributed by atoms with Crippen LogP contribution >= 0.6 is 0 Å². The average Bonchev–Trinajstić information content (AvgIpc) is 3.21. The molecule has 0 saturated heterocycles. The van der Waals surface area contributed by atoms with Gasteiger partial charge in [0.1, 0.15) is 0 Å². The number of anilines is 6. The van der Waals surface area contributed by atoms with Crippen LogP contribution in [0.1, 0.15) is 0 Å². The Morgan fingerprint density at radius 2 is 0.882 bits per heavy atom. The molecular weight excluding hydrogens is 685 g/mol. The van der Waals surface area contributed by atoms with Gasteiger partial charge in [-0.25, -0.2) is 0 Å². The van der Waals surface area contributed by atoms with E-state index < -0.39 is 13.3 Å². The Hall–Kier alpha value is -6.38. The molecule has 0 fully saturated rings. The third kappa shape index (κ3) is 4.50. The summed E-state index contributed by atoms with van der Waals surface area (Å²) in [4.78, 5) is 24.0. The first-order chi connectivity index (χ1) is 25.3. The summed E-state index contributed by atoms with van der Waals surface area (Å²) in [5.41, 5.74) is 8.49. The first-order valence-electron chi connectivity index (χ1n) is 17.1. The first kappa shape index (κ1) is 29.5. The van der Waals surface area contributed by atoms with Crippen molar-refractivity contribution in [2.24, 2.45) is 0 Å². The molecule has 0 amide bonds. The van der Waals surface area contributed by atoms with Gasteiger partial charge in [-0.2, -0.15) is 0 Å². The maximum absolute atomic E-state index is 5.29. The second kappa shape index (κ2) is 11.9. The van der Waals surface area contributed by atoms with Crippen molar-refractivity contribution < 1.29 is 0 Å². The molecule has 0 unspecified atom stereocenters. The van der Waals surface area contributed by atoms with Crippen molar-refractivity contribution in [3.63, 3.8) is 0 Å². The fourth-order valence-corrected chi connectivity index (χ4v) is 19.4. The Kier molecular flexibility index (Phi) is 6.89.